The van der Waals surface area contributed by atoms with Crippen LogP contribution in [0, 0.1) is 24.0 Å². The summed E-state index contributed by atoms with van der Waals surface area (Å²) in [6.07, 6.45) is 2.30. The number of aromatic nitrogens is 2. The Morgan fingerprint density at radius 1 is 0.970 bits per heavy atom. The maximum Gasteiger partial charge on any atom is 0.273 e. The van der Waals surface area contributed by atoms with Crippen molar-refractivity contribution >= 4 is 38.7 Å². The van der Waals surface area contributed by atoms with Gasteiger partial charge < -0.3 is 10.2 Å². The topological polar surface area (TPSA) is 130 Å². The Hall–Kier alpha value is -3.73. The van der Waals surface area contributed by atoms with Gasteiger partial charge in [-0.25, -0.2) is 18.4 Å². The van der Waals surface area contributed by atoms with E-state index in [0.29, 0.717) is 22.9 Å². The molecule has 0 radical (unpaired) electrons. The quantitative estimate of drug-likeness (QED) is 0.391. The van der Waals surface area contributed by atoms with E-state index in [1.54, 1.807) is 31.2 Å². The number of rotatable bonds is 7. The summed E-state index contributed by atoms with van der Waals surface area (Å²) in [6, 6.07) is 12.4. The molecule has 0 atom stereocenters. The molecule has 1 aliphatic heterocycles. The van der Waals surface area contributed by atoms with Crippen molar-refractivity contribution in [3.05, 3.63) is 70.0 Å². The molecule has 2 N–H and O–H groups in total. The number of aryl methyl sites for hydroxylation is 2. The third kappa shape index (κ3) is 5.20. The van der Waals surface area contributed by atoms with Crippen molar-refractivity contribution in [2.24, 2.45) is 0 Å². The summed E-state index contributed by atoms with van der Waals surface area (Å²) in [5, 5.41) is 14.4. The van der Waals surface area contributed by atoms with Crippen LogP contribution in [-0.4, -0.2) is 36.4 Å². The smallest absolute Gasteiger partial charge is 0.273 e. The van der Waals surface area contributed by atoms with Crippen molar-refractivity contribution in [3.63, 3.8) is 0 Å². The van der Waals surface area contributed by atoms with Gasteiger partial charge in [0.15, 0.2) is 0 Å². The van der Waals surface area contributed by atoms with Crippen molar-refractivity contribution in [1.82, 2.24) is 9.97 Å². The van der Waals surface area contributed by atoms with Gasteiger partial charge in [0.1, 0.15) is 17.5 Å². The van der Waals surface area contributed by atoms with Crippen LogP contribution in [0.4, 0.5) is 28.7 Å². The van der Waals surface area contributed by atoms with Crippen LogP contribution in [0.2, 0.25) is 0 Å². The summed E-state index contributed by atoms with van der Waals surface area (Å²) in [5.74, 6) is 2.21. The minimum atomic E-state index is -3.98. The number of sulfonamides is 1. The molecule has 2 aromatic carbocycles. The zero-order valence-corrected chi connectivity index (χ0v) is 19.1. The van der Waals surface area contributed by atoms with Crippen LogP contribution in [0.5, 0.6) is 0 Å². The zero-order valence-electron chi connectivity index (χ0n) is 18.3. The van der Waals surface area contributed by atoms with Crippen LogP contribution < -0.4 is 14.9 Å². The summed E-state index contributed by atoms with van der Waals surface area (Å²) in [7, 11) is -3.98. The van der Waals surface area contributed by atoms with Gasteiger partial charge in [-0.15, -0.1) is 0 Å². The highest BCUT2D eigenvalue weighted by Gasteiger charge is 2.20. The second kappa shape index (κ2) is 9.02. The minimum Gasteiger partial charge on any atom is -0.356 e. The van der Waals surface area contributed by atoms with Gasteiger partial charge in [0.05, 0.1) is 9.82 Å². The summed E-state index contributed by atoms with van der Waals surface area (Å²) in [5.41, 5.74) is 1.21. The molecule has 0 aliphatic carbocycles. The summed E-state index contributed by atoms with van der Waals surface area (Å²) >= 11 is 0. The molecule has 11 heteroatoms. The summed E-state index contributed by atoms with van der Waals surface area (Å²) < 4.78 is 27.8. The van der Waals surface area contributed by atoms with Gasteiger partial charge in [-0.3, -0.25) is 14.8 Å². The molecule has 4 rings (SSSR count). The van der Waals surface area contributed by atoms with E-state index in [9.17, 15) is 18.5 Å². The maximum absolute atomic E-state index is 12.7. The van der Waals surface area contributed by atoms with Gasteiger partial charge in [0, 0.05) is 42.2 Å². The highest BCUT2D eigenvalue weighted by Crippen LogP contribution is 2.26. The second-order valence-electron chi connectivity index (χ2n) is 7.87. The van der Waals surface area contributed by atoms with Crippen molar-refractivity contribution in [2.45, 2.75) is 31.6 Å². The third-order valence-corrected chi connectivity index (χ3v) is 6.73. The normalized spacial score (nSPS) is 13.7. The molecule has 0 bridgehead atoms. The van der Waals surface area contributed by atoms with Crippen LogP contribution >= 0.6 is 0 Å². The van der Waals surface area contributed by atoms with Gasteiger partial charge in [0.2, 0.25) is 0 Å². The molecule has 1 aromatic heterocycles. The molecule has 33 heavy (non-hydrogen) atoms. The first-order valence-corrected chi connectivity index (χ1v) is 12.0. The monoisotopic (exact) mass is 468 g/mol. The SMILES string of the molecule is Cc1nc(Nc2ccc(NS(=O)(=O)c3ccc(C)c([N+](=O)[O-])c3)cc2)cc(N2CCCC2)n1. The first-order chi connectivity index (χ1) is 15.7. The fourth-order valence-electron chi connectivity index (χ4n) is 3.66. The van der Waals surface area contributed by atoms with Crippen LogP contribution in [-0.2, 0) is 10.0 Å². The standard InChI is InChI=1S/C22H24N6O4S/c1-15-5-10-19(13-20(15)28(29)30)33(31,32)26-18-8-6-17(7-9-18)25-21-14-22(24-16(2)23-21)27-11-3-4-12-27/h5-10,13-14,26H,3-4,11-12H2,1-2H3,(H,23,24,25). The molecule has 0 amide bonds. The predicted octanol–water partition coefficient (Wildman–Crippen LogP) is 4.15. The Morgan fingerprint density at radius 2 is 1.64 bits per heavy atom. The van der Waals surface area contributed by atoms with Crippen LogP contribution in [0.15, 0.2) is 53.4 Å². The first-order valence-electron chi connectivity index (χ1n) is 10.5. The molecule has 2 heterocycles. The van der Waals surface area contributed by atoms with Gasteiger partial charge in [-0.2, -0.15) is 0 Å². The fraction of sp³-hybridized carbons (Fsp3) is 0.273. The Labute approximate surface area is 191 Å². The summed E-state index contributed by atoms with van der Waals surface area (Å²) in [4.78, 5) is 21.5. The molecular weight excluding hydrogens is 444 g/mol. The lowest BCUT2D eigenvalue weighted by molar-refractivity contribution is -0.385. The molecule has 0 spiro atoms. The van der Waals surface area contributed by atoms with E-state index in [1.165, 1.54) is 12.1 Å². The molecule has 1 aliphatic rings. The first kappa shape index (κ1) is 22.5. The lowest BCUT2D eigenvalue weighted by Crippen LogP contribution is -2.19. The zero-order chi connectivity index (χ0) is 23.6. The maximum atomic E-state index is 12.7. The average Bonchev–Trinajstić information content (AvgIpc) is 3.29. The molecule has 3 aromatic rings. The van der Waals surface area contributed by atoms with Crippen LogP contribution in [0.1, 0.15) is 24.2 Å². The van der Waals surface area contributed by atoms with Gasteiger partial charge in [0.25, 0.3) is 15.7 Å². The molecule has 1 fully saturated rings. The van der Waals surface area contributed by atoms with E-state index in [0.717, 1.165) is 43.5 Å². The number of nitrogens with zero attached hydrogens (tertiary/aromatic N) is 4. The second-order valence-corrected chi connectivity index (χ2v) is 9.55. The van der Waals surface area contributed by atoms with E-state index in [2.05, 4.69) is 24.9 Å². The number of hydrogen-bond acceptors (Lipinski definition) is 8. The van der Waals surface area contributed by atoms with E-state index < -0.39 is 14.9 Å². The van der Waals surface area contributed by atoms with Crippen molar-refractivity contribution < 1.29 is 13.3 Å². The van der Waals surface area contributed by atoms with E-state index >= 15 is 0 Å². The predicted molar refractivity (Wildman–Crippen MR) is 127 cm³/mol. The van der Waals surface area contributed by atoms with Gasteiger partial charge >= 0.3 is 0 Å². The lowest BCUT2D eigenvalue weighted by Gasteiger charge is -2.18. The minimum absolute atomic E-state index is 0.173. The third-order valence-electron chi connectivity index (χ3n) is 5.35. The van der Waals surface area contributed by atoms with Crippen LogP contribution in [0.25, 0.3) is 0 Å². The van der Waals surface area contributed by atoms with Crippen molar-refractivity contribution in [2.75, 3.05) is 28.0 Å². The Bertz CT molecular complexity index is 1290. The van der Waals surface area contributed by atoms with Crippen molar-refractivity contribution in [1.29, 1.82) is 0 Å². The van der Waals surface area contributed by atoms with E-state index in [-0.39, 0.29) is 10.6 Å². The highest BCUT2D eigenvalue weighted by atomic mass is 32.2. The number of benzene rings is 2. The number of nitro groups is 1. The van der Waals surface area contributed by atoms with Crippen molar-refractivity contribution in [3.8, 4) is 0 Å². The Morgan fingerprint density at radius 3 is 2.30 bits per heavy atom. The highest BCUT2D eigenvalue weighted by molar-refractivity contribution is 7.92. The van der Waals surface area contributed by atoms with E-state index in [4.69, 9.17) is 0 Å². The molecule has 1 saturated heterocycles. The number of hydrogen-bond donors (Lipinski definition) is 2. The molecule has 172 valence electrons. The fourth-order valence-corrected chi connectivity index (χ4v) is 4.74. The number of nitrogens with one attached hydrogen (secondary N) is 2. The van der Waals surface area contributed by atoms with E-state index in [1.807, 2.05) is 13.0 Å². The lowest BCUT2D eigenvalue weighted by atomic mass is 10.2. The number of nitro benzene ring substituents is 1. The molecule has 0 saturated carbocycles. The molecular formula is C22H24N6O4S. The van der Waals surface area contributed by atoms with Gasteiger partial charge in [-0.05, 0) is 57.0 Å². The molecule has 0 unspecified atom stereocenters. The number of anilines is 4. The Balaban J connectivity index is 1.49. The average molecular weight is 469 g/mol. The largest absolute Gasteiger partial charge is 0.356 e. The molecule has 10 nitrogen and oxygen atoms in total. The summed E-state index contributed by atoms with van der Waals surface area (Å²) in [6.45, 7) is 5.36. The Kier molecular flexibility index (Phi) is 6.14. The van der Waals surface area contributed by atoms with Crippen LogP contribution in [0.3, 0.4) is 0 Å². The van der Waals surface area contributed by atoms with Gasteiger partial charge in [-0.1, -0.05) is 6.07 Å².